The van der Waals surface area contributed by atoms with Crippen LogP contribution in [0.1, 0.15) is 17.5 Å². The highest BCUT2D eigenvalue weighted by Gasteiger charge is 2.06. The van der Waals surface area contributed by atoms with Gasteiger partial charge in [0, 0.05) is 18.5 Å². The molecule has 0 bridgehead atoms. The van der Waals surface area contributed by atoms with Gasteiger partial charge in [-0.3, -0.25) is 4.79 Å². The first-order valence-electron chi connectivity index (χ1n) is 7.42. The molecule has 116 valence electrons. The van der Waals surface area contributed by atoms with Crippen molar-refractivity contribution < 1.29 is 14.6 Å². The Hall–Kier alpha value is -2.33. The SMILES string of the molecule is O=C(CCc1ccccc1)NCc1ccccc1OCCO. The van der Waals surface area contributed by atoms with Crippen LogP contribution in [0.4, 0.5) is 0 Å². The number of nitrogens with one attached hydrogen (secondary N) is 1. The third-order valence-corrected chi connectivity index (χ3v) is 3.28. The molecular formula is C18H21NO3. The average Bonchev–Trinajstić information content (AvgIpc) is 2.58. The van der Waals surface area contributed by atoms with Gasteiger partial charge < -0.3 is 15.2 Å². The van der Waals surface area contributed by atoms with Crippen LogP contribution in [0.15, 0.2) is 54.6 Å². The van der Waals surface area contributed by atoms with Gasteiger partial charge in [-0.25, -0.2) is 0 Å². The zero-order valence-electron chi connectivity index (χ0n) is 12.5. The van der Waals surface area contributed by atoms with E-state index in [1.54, 1.807) is 0 Å². The van der Waals surface area contributed by atoms with Gasteiger partial charge in [0.25, 0.3) is 0 Å². The minimum Gasteiger partial charge on any atom is -0.491 e. The monoisotopic (exact) mass is 299 g/mol. The highest BCUT2D eigenvalue weighted by molar-refractivity contribution is 5.76. The van der Waals surface area contributed by atoms with Gasteiger partial charge in [-0.2, -0.15) is 0 Å². The highest BCUT2D eigenvalue weighted by Crippen LogP contribution is 2.17. The molecule has 0 unspecified atom stereocenters. The lowest BCUT2D eigenvalue weighted by atomic mass is 10.1. The molecule has 22 heavy (non-hydrogen) atoms. The van der Waals surface area contributed by atoms with Gasteiger partial charge in [0.05, 0.1) is 6.61 Å². The van der Waals surface area contributed by atoms with E-state index in [1.807, 2.05) is 54.6 Å². The van der Waals surface area contributed by atoms with Crippen molar-refractivity contribution in [2.45, 2.75) is 19.4 Å². The summed E-state index contributed by atoms with van der Waals surface area (Å²) in [5.41, 5.74) is 2.06. The van der Waals surface area contributed by atoms with E-state index in [0.717, 1.165) is 17.5 Å². The van der Waals surface area contributed by atoms with Crippen LogP contribution >= 0.6 is 0 Å². The molecule has 4 nitrogen and oxygen atoms in total. The van der Waals surface area contributed by atoms with Crippen molar-refractivity contribution in [1.29, 1.82) is 0 Å². The Morgan fingerprint density at radius 3 is 2.55 bits per heavy atom. The molecule has 0 aliphatic rings. The van der Waals surface area contributed by atoms with Crippen molar-refractivity contribution in [3.8, 4) is 5.75 Å². The smallest absolute Gasteiger partial charge is 0.220 e. The Kier molecular flexibility index (Phi) is 6.45. The summed E-state index contributed by atoms with van der Waals surface area (Å²) in [6.45, 7) is 0.645. The van der Waals surface area contributed by atoms with E-state index in [2.05, 4.69) is 5.32 Å². The van der Waals surface area contributed by atoms with E-state index in [0.29, 0.717) is 18.7 Å². The molecule has 2 aromatic carbocycles. The normalized spacial score (nSPS) is 10.2. The summed E-state index contributed by atoms with van der Waals surface area (Å²) in [5, 5.41) is 11.7. The molecular weight excluding hydrogens is 278 g/mol. The number of para-hydroxylation sites is 1. The molecule has 0 atom stereocenters. The zero-order valence-corrected chi connectivity index (χ0v) is 12.5. The number of rotatable bonds is 8. The largest absolute Gasteiger partial charge is 0.491 e. The zero-order chi connectivity index (χ0) is 15.6. The number of ether oxygens (including phenoxy) is 1. The highest BCUT2D eigenvalue weighted by atomic mass is 16.5. The number of benzene rings is 2. The molecule has 1 amide bonds. The van der Waals surface area contributed by atoms with Crippen molar-refractivity contribution in [2.24, 2.45) is 0 Å². The first-order chi connectivity index (χ1) is 10.8. The van der Waals surface area contributed by atoms with Crippen molar-refractivity contribution >= 4 is 5.91 Å². The number of hydrogen-bond acceptors (Lipinski definition) is 3. The Labute approximate surface area is 130 Å². The standard InChI is InChI=1S/C18H21NO3/c20-12-13-22-17-9-5-4-8-16(17)14-19-18(21)11-10-15-6-2-1-3-7-15/h1-9,20H,10-14H2,(H,19,21). The van der Waals surface area contributed by atoms with Crippen molar-refractivity contribution in [2.75, 3.05) is 13.2 Å². The number of carbonyl (C=O) groups is 1. The second-order valence-corrected chi connectivity index (χ2v) is 4.94. The van der Waals surface area contributed by atoms with Crippen LogP contribution in [0.2, 0.25) is 0 Å². The number of aliphatic hydroxyl groups is 1. The Morgan fingerprint density at radius 2 is 1.77 bits per heavy atom. The average molecular weight is 299 g/mol. The fraction of sp³-hybridized carbons (Fsp3) is 0.278. The van der Waals surface area contributed by atoms with E-state index >= 15 is 0 Å². The van der Waals surface area contributed by atoms with Crippen LogP contribution in [-0.2, 0) is 17.8 Å². The first-order valence-corrected chi connectivity index (χ1v) is 7.42. The predicted octanol–water partition coefficient (Wildman–Crippen LogP) is 2.31. The molecule has 0 fully saturated rings. The van der Waals surface area contributed by atoms with Crippen LogP contribution in [0.25, 0.3) is 0 Å². The molecule has 0 aliphatic carbocycles. The van der Waals surface area contributed by atoms with Crippen molar-refractivity contribution in [3.63, 3.8) is 0 Å². The minimum absolute atomic E-state index is 0.0146. The number of aryl methyl sites for hydroxylation is 1. The molecule has 0 saturated carbocycles. The van der Waals surface area contributed by atoms with Crippen molar-refractivity contribution in [1.82, 2.24) is 5.32 Å². The van der Waals surface area contributed by atoms with E-state index in [1.165, 1.54) is 0 Å². The van der Waals surface area contributed by atoms with E-state index in [4.69, 9.17) is 9.84 Å². The number of hydrogen-bond donors (Lipinski definition) is 2. The summed E-state index contributed by atoms with van der Waals surface area (Å²) >= 11 is 0. The minimum atomic E-state index is -0.0300. The Balaban J connectivity index is 1.81. The van der Waals surface area contributed by atoms with Crippen molar-refractivity contribution in [3.05, 3.63) is 65.7 Å². The molecule has 0 heterocycles. The van der Waals surface area contributed by atoms with Crippen LogP contribution in [0.5, 0.6) is 5.75 Å². The summed E-state index contributed by atoms with van der Waals surface area (Å²) in [6, 6.07) is 17.5. The molecule has 0 radical (unpaired) electrons. The summed E-state index contributed by atoms with van der Waals surface area (Å²) in [4.78, 5) is 11.9. The van der Waals surface area contributed by atoms with Gasteiger partial charge >= 0.3 is 0 Å². The van der Waals surface area contributed by atoms with E-state index < -0.39 is 0 Å². The third-order valence-electron chi connectivity index (χ3n) is 3.28. The van der Waals surface area contributed by atoms with Crippen LogP contribution in [-0.4, -0.2) is 24.2 Å². The molecule has 0 spiro atoms. The maximum atomic E-state index is 11.9. The summed E-state index contributed by atoms with van der Waals surface area (Å²) in [6.07, 6.45) is 1.19. The first kappa shape index (κ1) is 16.0. The van der Waals surface area contributed by atoms with Gasteiger partial charge in [0.2, 0.25) is 5.91 Å². The molecule has 0 aliphatic heterocycles. The van der Waals surface area contributed by atoms with Crippen LogP contribution in [0, 0.1) is 0 Å². The molecule has 2 N–H and O–H groups in total. The topological polar surface area (TPSA) is 58.6 Å². The number of aliphatic hydroxyl groups excluding tert-OH is 1. The molecule has 2 rings (SSSR count). The number of amides is 1. The molecule has 2 aromatic rings. The Morgan fingerprint density at radius 1 is 1.05 bits per heavy atom. The lowest BCUT2D eigenvalue weighted by Gasteiger charge is -2.11. The van der Waals surface area contributed by atoms with E-state index in [9.17, 15) is 4.79 Å². The lowest BCUT2D eigenvalue weighted by molar-refractivity contribution is -0.121. The molecule has 0 saturated heterocycles. The fourth-order valence-electron chi connectivity index (χ4n) is 2.13. The van der Waals surface area contributed by atoms with Gasteiger partial charge in [-0.05, 0) is 18.1 Å². The Bertz CT molecular complexity index is 584. The molecule has 0 aromatic heterocycles. The molecule has 4 heteroatoms. The van der Waals surface area contributed by atoms with Gasteiger partial charge in [0.15, 0.2) is 0 Å². The van der Waals surface area contributed by atoms with Crippen LogP contribution in [0.3, 0.4) is 0 Å². The summed E-state index contributed by atoms with van der Waals surface area (Å²) in [5.74, 6) is 0.709. The maximum absolute atomic E-state index is 11.9. The lowest BCUT2D eigenvalue weighted by Crippen LogP contribution is -2.23. The summed E-state index contributed by atoms with van der Waals surface area (Å²) < 4.78 is 5.45. The quantitative estimate of drug-likeness (QED) is 0.786. The third kappa shape index (κ3) is 5.22. The second kappa shape index (κ2) is 8.85. The second-order valence-electron chi connectivity index (χ2n) is 4.94. The van der Waals surface area contributed by atoms with E-state index in [-0.39, 0.29) is 19.1 Å². The van der Waals surface area contributed by atoms with Gasteiger partial charge in [-0.15, -0.1) is 0 Å². The van der Waals surface area contributed by atoms with Gasteiger partial charge in [0.1, 0.15) is 12.4 Å². The number of carbonyl (C=O) groups excluding carboxylic acids is 1. The maximum Gasteiger partial charge on any atom is 0.220 e. The fourth-order valence-corrected chi connectivity index (χ4v) is 2.13. The van der Waals surface area contributed by atoms with Crippen LogP contribution < -0.4 is 10.1 Å². The summed E-state index contributed by atoms with van der Waals surface area (Å²) in [7, 11) is 0. The predicted molar refractivity (Wildman–Crippen MR) is 85.6 cm³/mol. The van der Waals surface area contributed by atoms with Gasteiger partial charge in [-0.1, -0.05) is 48.5 Å².